The van der Waals surface area contributed by atoms with Crippen molar-refractivity contribution in [3.05, 3.63) is 35.6 Å². The Bertz CT molecular complexity index is 419. The maximum absolute atomic E-state index is 14.0. The van der Waals surface area contributed by atoms with Crippen LogP contribution in [0.2, 0.25) is 0 Å². The van der Waals surface area contributed by atoms with Crippen LogP contribution in [0.25, 0.3) is 0 Å². The van der Waals surface area contributed by atoms with E-state index in [0.717, 1.165) is 30.9 Å². The van der Waals surface area contributed by atoms with Gasteiger partial charge in [-0.05, 0) is 43.2 Å². The molecule has 0 unspecified atom stereocenters. The molecule has 98 valence electrons. The van der Waals surface area contributed by atoms with Crippen LogP contribution in [0.5, 0.6) is 0 Å². The number of rotatable bonds is 5. The van der Waals surface area contributed by atoms with Gasteiger partial charge in [0.25, 0.3) is 0 Å². The topological polar surface area (TPSA) is 12.0 Å². The monoisotopic (exact) mass is 247 g/mol. The molecule has 2 heteroatoms. The van der Waals surface area contributed by atoms with Gasteiger partial charge < -0.3 is 5.32 Å². The van der Waals surface area contributed by atoms with Crippen molar-refractivity contribution in [3.63, 3.8) is 0 Å². The zero-order valence-electron chi connectivity index (χ0n) is 11.1. The van der Waals surface area contributed by atoms with Crippen LogP contribution in [0.15, 0.2) is 24.3 Å². The third-order valence-corrected chi connectivity index (χ3v) is 4.69. The molecule has 1 aromatic rings. The number of hydrogen-bond donors (Lipinski definition) is 1. The van der Waals surface area contributed by atoms with E-state index in [4.69, 9.17) is 0 Å². The van der Waals surface area contributed by atoms with Gasteiger partial charge in [-0.15, -0.1) is 0 Å². The lowest BCUT2D eigenvalue weighted by atomic mass is 9.57. The molecule has 1 nitrogen and oxygen atoms in total. The number of nitrogens with one attached hydrogen (secondary N) is 1. The average molecular weight is 247 g/mol. The maximum Gasteiger partial charge on any atom is 0.127 e. The second kappa shape index (κ2) is 4.65. The molecule has 1 aromatic carbocycles. The van der Waals surface area contributed by atoms with Crippen LogP contribution < -0.4 is 5.32 Å². The highest BCUT2D eigenvalue weighted by Crippen LogP contribution is 2.49. The predicted octanol–water partition coefficient (Wildman–Crippen LogP) is 3.64. The van der Waals surface area contributed by atoms with E-state index in [1.807, 2.05) is 12.1 Å². The van der Waals surface area contributed by atoms with Gasteiger partial charge in [-0.1, -0.05) is 31.5 Å². The smallest absolute Gasteiger partial charge is 0.127 e. The van der Waals surface area contributed by atoms with Crippen molar-refractivity contribution >= 4 is 0 Å². The molecule has 0 atom stereocenters. The Hall–Kier alpha value is -0.890. The van der Waals surface area contributed by atoms with E-state index >= 15 is 0 Å². The van der Waals surface area contributed by atoms with Crippen LogP contribution in [-0.2, 0) is 5.41 Å². The van der Waals surface area contributed by atoms with E-state index < -0.39 is 0 Å². The predicted molar refractivity (Wildman–Crippen MR) is 72.1 cm³/mol. The summed E-state index contributed by atoms with van der Waals surface area (Å²) in [5.74, 6) is 0.759. The highest BCUT2D eigenvalue weighted by Gasteiger charge is 2.46. The Balaban J connectivity index is 1.79. The summed E-state index contributed by atoms with van der Waals surface area (Å²) in [6.45, 7) is 3.19. The van der Waals surface area contributed by atoms with Crippen LogP contribution in [0, 0.1) is 11.7 Å². The van der Waals surface area contributed by atoms with Gasteiger partial charge >= 0.3 is 0 Å². The van der Waals surface area contributed by atoms with Gasteiger partial charge in [0.2, 0.25) is 0 Å². The Kier molecular flexibility index (Phi) is 3.14. The molecule has 0 heterocycles. The van der Waals surface area contributed by atoms with Crippen molar-refractivity contribution in [2.45, 2.75) is 50.5 Å². The molecular weight excluding hydrogens is 225 g/mol. The quantitative estimate of drug-likeness (QED) is 0.837. The Labute approximate surface area is 109 Å². The lowest BCUT2D eigenvalue weighted by molar-refractivity contribution is 0.129. The lowest BCUT2D eigenvalue weighted by Crippen LogP contribution is -2.49. The van der Waals surface area contributed by atoms with Gasteiger partial charge in [-0.25, -0.2) is 4.39 Å². The van der Waals surface area contributed by atoms with Crippen molar-refractivity contribution in [1.82, 2.24) is 5.32 Å². The van der Waals surface area contributed by atoms with Gasteiger partial charge in [0, 0.05) is 18.0 Å². The Morgan fingerprint density at radius 2 is 2.00 bits per heavy atom. The summed E-state index contributed by atoms with van der Waals surface area (Å²) in [4.78, 5) is 0. The minimum atomic E-state index is -0.0235. The summed E-state index contributed by atoms with van der Waals surface area (Å²) in [5.41, 5.74) is 0.997. The van der Waals surface area contributed by atoms with Gasteiger partial charge in [0.05, 0.1) is 0 Å². The third kappa shape index (κ3) is 2.18. The first kappa shape index (κ1) is 12.2. The first-order chi connectivity index (χ1) is 8.73. The second-order valence-corrected chi connectivity index (χ2v) is 6.10. The van der Waals surface area contributed by atoms with Crippen molar-refractivity contribution in [3.8, 4) is 0 Å². The molecule has 0 amide bonds. The van der Waals surface area contributed by atoms with E-state index in [2.05, 4.69) is 12.2 Å². The van der Waals surface area contributed by atoms with Crippen molar-refractivity contribution < 1.29 is 4.39 Å². The molecule has 0 saturated heterocycles. The summed E-state index contributed by atoms with van der Waals surface area (Å²) in [6, 6.07) is 8.05. The Morgan fingerprint density at radius 3 is 2.61 bits per heavy atom. The summed E-state index contributed by atoms with van der Waals surface area (Å²) in [6.07, 6.45) is 6.10. The second-order valence-electron chi connectivity index (χ2n) is 6.10. The van der Waals surface area contributed by atoms with Crippen molar-refractivity contribution in [1.29, 1.82) is 0 Å². The molecule has 0 spiro atoms. The average Bonchev–Trinajstić information content (AvgIpc) is 3.13. The van der Waals surface area contributed by atoms with Crippen molar-refractivity contribution in [2.24, 2.45) is 5.92 Å². The highest BCUT2D eigenvalue weighted by atomic mass is 19.1. The van der Waals surface area contributed by atoms with E-state index in [0.29, 0.717) is 6.04 Å². The largest absolute Gasteiger partial charge is 0.313 e. The fraction of sp³-hybridized carbons (Fsp3) is 0.625. The molecule has 2 aliphatic carbocycles. The molecular formula is C16H22FN. The minimum absolute atomic E-state index is 0.0235. The summed E-state index contributed by atoms with van der Waals surface area (Å²) in [5, 5.41) is 3.60. The molecule has 1 N–H and O–H groups in total. The standard InChI is InChI=1S/C16H22FN/c1-2-12-9-16(10-12,11-18-13-7-8-13)14-5-3-4-6-15(14)17/h3-6,12-13,18H,2,7-11H2,1H3. The summed E-state index contributed by atoms with van der Waals surface area (Å²) >= 11 is 0. The lowest BCUT2D eigenvalue weighted by Gasteiger charge is -2.48. The zero-order valence-corrected chi connectivity index (χ0v) is 11.1. The van der Waals surface area contributed by atoms with E-state index in [-0.39, 0.29) is 11.2 Å². The third-order valence-electron chi connectivity index (χ3n) is 4.69. The molecule has 2 aliphatic rings. The highest BCUT2D eigenvalue weighted by molar-refractivity contribution is 5.31. The van der Waals surface area contributed by atoms with Gasteiger partial charge in [0.1, 0.15) is 5.82 Å². The molecule has 18 heavy (non-hydrogen) atoms. The maximum atomic E-state index is 14.0. The van der Waals surface area contributed by atoms with Gasteiger partial charge in [-0.3, -0.25) is 0 Å². The normalized spacial score (nSPS) is 31.1. The molecule has 3 rings (SSSR count). The first-order valence-corrected chi connectivity index (χ1v) is 7.22. The minimum Gasteiger partial charge on any atom is -0.313 e. The van der Waals surface area contributed by atoms with Gasteiger partial charge in [-0.2, -0.15) is 0 Å². The summed E-state index contributed by atoms with van der Waals surface area (Å²) in [7, 11) is 0. The molecule has 0 aliphatic heterocycles. The number of hydrogen-bond acceptors (Lipinski definition) is 1. The fourth-order valence-corrected chi connectivity index (χ4v) is 3.31. The summed E-state index contributed by atoms with van der Waals surface area (Å²) < 4.78 is 14.0. The van der Waals surface area contributed by atoms with Crippen molar-refractivity contribution in [2.75, 3.05) is 6.54 Å². The van der Waals surface area contributed by atoms with Crippen LogP contribution in [-0.4, -0.2) is 12.6 Å². The molecule has 0 bridgehead atoms. The van der Waals surface area contributed by atoms with Crippen LogP contribution in [0.1, 0.15) is 44.6 Å². The Morgan fingerprint density at radius 1 is 1.28 bits per heavy atom. The van der Waals surface area contributed by atoms with E-state index in [9.17, 15) is 4.39 Å². The number of halogens is 1. The first-order valence-electron chi connectivity index (χ1n) is 7.22. The van der Waals surface area contributed by atoms with Crippen LogP contribution >= 0.6 is 0 Å². The number of benzene rings is 1. The van der Waals surface area contributed by atoms with E-state index in [1.54, 1.807) is 12.1 Å². The molecule has 0 radical (unpaired) electrons. The van der Waals surface area contributed by atoms with Crippen LogP contribution in [0.3, 0.4) is 0 Å². The van der Waals surface area contributed by atoms with Crippen LogP contribution in [0.4, 0.5) is 4.39 Å². The molecule has 2 saturated carbocycles. The van der Waals surface area contributed by atoms with E-state index in [1.165, 1.54) is 19.3 Å². The zero-order chi connectivity index (χ0) is 12.6. The fourth-order valence-electron chi connectivity index (χ4n) is 3.31. The molecule has 0 aromatic heterocycles. The molecule has 2 fully saturated rings. The SMILES string of the molecule is CCC1CC(CNC2CC2)(c2ccccc2F)C1. The van der Waals surface area contributed by atoms with Gasteiger partial charge in [0.15, 0.2) is 0 Å².